The summed E-state index contributed by atoms with van der Waals surface area (Å²) in [5, 5.41) is 0. The number of aromatic nitrogens is 1. The van der Waals surface area contributed by atoms with E-state index in [0.717, 1.165) is 30.4 Å². The quantitative estimate of drug-likeness (QED) is 0.850. The maximum absolute atomic E-state index is 12.2. The number of rotatable bonds is 2. The fraction of sp³-hybridized carbons (Fsp3) is 0.278. The fourth-order valence-electron chi connectivity index (χ4n) is 2.89. The van der Waals surface area contributed by atoms with E-state index in [9.17, 15) is 4.79 Å². The lowest BCUT2D eigenvalue weighted by Crippen LogP contribution is -2.23. The molecule has 1 aliphatic carbocycles. The Hall–Kier alpha value is -2.31. The van der Waals surface area contributed by atoms with Crippen molar-refractivity contribution in [2.45, 2.75) is 25.8 Å². The Labute approximate surface area is 124 Å². The average molecular weight is 278 g/mol. The van der Waals surface area contributed by atoms with Crippen molar-refractivity contribution in [3.63, 3.8) is 0 Å². The lowest BCUT2D eigenvalue weighted by molar-refractivity contribution is 0.707. The summed E-state index contributed by atoms with van der Waals surface area (Å²) >= 11 is 0. The first-order valence-corrected chi connectivity index (χ1v) is 7.27. The summed E-state index contributed by atoms with van der Waals surface area (Å²) in [6.45, 7) is 0.968. The number of nitrogens with two attached hydrogens (primary N) is 1. The van der Waals surface area contributed by atoms with Crippen molar-refractivity contribution in [3.05, 3.63) is 69.1 Å². The summed E-state index contributed by atoms with van der Waals surface area (Å²) < 4.78 is 1.90. The maximum Gasteiger partial charge on any atom is 0.251 e. The molecule has 3 nitrogen and oxygen atoms in total. The Bertz CT molecular complexity index is 778. The van der Waals surface area contributed by atoms with Crippen LogP contribution in [0.1, 0.15) is 28.8 Å². The molecule has 0 saturated heterocycles. The van der Waals surface area contributed by atoms with Crippen LogP contribution in [0.4, 0.5) is 0 Å². The van der Waals surface area contributed by atoms with Crippen molar-refractivity contribution in [2.24, 2.45) is 5.73 Å². The van der Waals surface area contributed by atoms with Gasteiger partial charge in [-0.05, 0) is 42.5 Å². The monoisotopic (exact) mass is 278 g/mol. The van der Waals surface area contributed by atoms with Crippen LogP contribution in [0.5, 0.6) is 0 Å². The molecule has 21 heavy (non-hydrogen) atoms. The fourth-order valence-corrected chi connectivity index (χ4v) is 2.89. The summed E-state index contributed by atoms with van der Waals surface area (Å²) in [4.78, 5) is 12.2. The Morgan fingerprint density at radius 2 is 2.10 bits per heavy atom. The van der Waals surface area contributed by atoms with Crippen LogP contribution in [0.3, 0.4) is 0 Å². The smallest absolute Gasteiger partial charge is 0.251 e. The highest BCUT2D eigenvalue weighted by Crippen LogP contribution is 2.20. The second kappa shape index (κ2) is 5.99. The summed E-state index contributed by atoms with van der Waals surface area (Å²) in [6.07, 6.45) is 3.22. The summed E-state index contributed by atoms with van der Waals surface area (Å²) in [5.41, 5.74) is 10.0. The number of hydrogen-bond donors (Lipinski definition) is 1. The van der Waals surface area contributed by atoms with Gasteiger partial charge >= 0.3 is 0 Å². The maximum atomic E-state index is 12.2. The highest BCUT2D eigenvalue weighted by Gasteiger charge is 2.15. The van der Waals surface area contributed by atoms with Crippen molar-refractivity contribution in [1.29, 1.82) is 0 Å². The number of fused-ring (bicyclic) bond motifs is 1. The van der Waals surface area contributed by atoms with Gasteiger partial charge < -0.3 is 10.3 Å². The van der Waals surface area contributed by atoms with E-state index in [1.165, 1.54) is 11.3 Å². The van der Waals surface area contributed by atoms with E-state index in [1.54, 1.807) is 6.07 Å². The topological polar surface area (TPSA) is 48.0 Å². The average Bonchev–Trinajstić information content (AvgIpc) is 2.97. The van der Waals surface area contributed by atoms with Crippen LogP contribution in [0, 0.1) is 11.8 Å². The van der Waals surface area contributed by atoms with Gasteiger partial charge in [0.25, 0.3) is 5.56 Å². The van der Waals surface area contributed by atoms with E-state index in [1.807, 2.05) is 34.9 Å². The number of aryl methyl sites for hydroxylation is 1. The van der Waals surface area contributed by atoms with Gasteiger partial charge in [-0.1, -0.05) is 30.0 Å². The SMILES string of the molecule is NCC#Cc1cccc(Cn2c3c(ccc2=O)CCC3)c1. The van der Waals surface area contributed by atoms with Gasteiger partial charge in [-0.2, -0.15) is 0 Å². The van der Waals surface area contributed by atoms with Crippen LogP contribution in [-0.4, -0.2) is 11.1 Å². The van der Waals surface area contributed by atoms with Crippen LogP contribution in [-0.2, 0) is 19.4 Å². The predicted molar refractivity (Wildman–Crippen MR) is 84.2 cm³/mol. The molecule has 0 unspecified atom stereocenters. The minimum Gasteiger partial charge on any atom is -0.320 e. The van der Waals surface area contributed by atoms with Crippen molar-refractivity contribution in [1.82, 2.24) is 4.57 Å². The van der Waals surface area contributed by atoms with Gasteiger partial charge in [-0.3, -0.25) is 4.79 Å². The van der Waals surface area contributed by atoms with E-state index >= 15 is 0 Å². The second-order valence-electron chi connectivity index (χ2n) is 5.29. The number of pyridine rings is 1. The third-order valence-electron chi connectivity index (χ3n) is 3.85. The van der Waals surface area contributed by atoms with E-state index < -0.39 is 0 Å². The Balaban J connectivity index is 1.94. The molecule has 0 fully saturated rings. The standard InChI is InChI=1S/C18H18N2O/c19-11-3-6-14-4-1-5-15(12-14)13-20-17-8-2-7-16(17)9-10-18(20)21/h1,4-5,9-10,12H,2,7-8,11,13,19H2. The first kappa shape index (κ1) is 13.7. The number of benzene rings is 1. The van der Waals surface area contributed by atoms with Crippen LogP contribution in [0.2, 0.25) is 0 Å². The molecule has 0 amide bonds. The zero-order valence-electron chi connectivity index (χ0n) is 11.9. The minimum absolute atomic E-state index is 0.0779. The third kappa shape index (κ3) is 2.91. The van der Waals surface area contributed by atoms with Gasteiger partial charge in [-0.15, -0.1) is 0 Å². The van der Waals surface area contributed by atoms with Crippen LogP contribution in [0.25, 0.3) is 0 Å². The van der Waals surface area contributed by atoms with E-state index in [0.29, 0.717) is 13.1 Å². The van der Waals surface area contributed by atoms with Gasteiger partial charge in [0.05, 0.1) is 13.1 Å². The molecule has 2 N–H and O–H groups in total. The molecule has 106 valence electrons. The van der Waals surface area contributed by atoms with Gasteiger partial charge in [0.15, 0.2) is 0 Å². The molecule has 2 aromatic rings. The number of nitrogens with zero attached hydrogens (tertiary/aromatic N) is 1. The van der Waals surface area contributed by atoms with Crippen molar-refractivity contribution < 1.29 is 0 Å². The molecule has 0 bridgehead atoms. The predicted octanol–water partition coefficient (Wildman–Crippen LogP) is 1.70. The first-order valence-electron chi connectivity index (χ1n) is 7.27. The molecule has 0 aliphatic heterocycles. The summed E-state index contributed by atoms with van der Waals surface area (Å²) in [5.74, 6) is 5.89. The lowest BCUT2D eigenvalue weighted by Gasteiger charge is -2.12. The van der Waals surface area contributed by atoms with Gasteiger partial charge in [-0.25, -0.2) is 0 Å². The minimum atomic E-state index is 0.0779. The highest BCUT2D eigenvalue weighted by atomic mass is 16.1. The first-order chi connectivity index (χ1) is 10.3. The molecule has 0 saturated carbocycles. The molecular formula is C18H18N2O. The molecule has 1 aromatic carbocycles. The molecule has 0 atom stereocenters. The second-order valence-corrected chi connectivity index (χ2v) is 5.29. The zero-order chi connectivity index (χ0) is 14.7. The van der Waals surface area contributed by atoms with Gasteiger partial charge in [0.2, 0.25) is 0 Å². The third-order valence-corrected chi connectivity index (χ3v) is 3.85. The van der Waals surface area contributed by atoms with Crippen molar-refractivity contribution >= 4 is 0 Å². The Morgan fingerprint density at radius 3 is 2.95 bits per heavy atom. The lowest BCUT2D eigenvalue weighted by atomic mass is 10.1. The van der Waals surface area contributed by atoms with Crippen molar-refractivity contribution in [2.75, 3.05) is 6.54 Å². The van der Waals surface area contributed by atoms with Crippen LogP contribution in [0.15, 0.2) is 41.2 Å². The summed E-state index contributed by atoms with van der Waals surface area (Å²) in [7, 11) is 0. The molecule has 0 spiro atoms. The summed E-state index contributed by atoms with van der Waals surface area (Å²) in [6, 6.07) is 11.7. The number of hydrogen-bond acceptors (Lipinski definition) is 2. The molecule has 0 radical (unpaired) electrons. The molecule has 3 rings (SSSR count). The van der Waals surface area contributed by atoms with Gasteiger partial charge in [0.1, 0.15) is 0 Å². The Morgan fingerprint density at radius 1 is 1.19 bits per heavy atom. The largest absolute Gasteiger partial charge is 0.320 e. The zero-order valence-corrected chi connectivity index (χ0v) is 11.9. The van der Waals surface area contributed by atoms with E-state index in [-0.39, 0.29) is 5.56 Å². The van der Waals surface area contributed by atoms with E-state index in [2.05, 4.69) is 11.8 Å². The molecule has 1 aliphatic rings. The normalized spacial score (nSPS) is 12.6. The highest BCUT2D eigenvalue weighted by molar-refractivity contribution is 5.37. The molecule has 1 aromatic heterocycles. The molecular weight excluding hydrogens is 260 g/mol. The molecule has 3 heteroatoms. The van der Waals surface area contributed by atoms with Gasteiger partial charge in [0, 0.05) is 17.3 Å². The molecule has 1 heterocycles. The van der Waals surface area contributed by atoms with Crippen LogP contribution < -0.4 is 11.3 Å². The van der Waals surface area contributed by atoms with Crippen molar-refractivity contribution in [3.8, 4) is 11.8 Å². The van der Waals surface area contributed by atoms with E-state index in [4.69, 9.17) is 5.73 Å². The van der Waals surface area contributed by atoms with Crippen LogP contribution >= 0.6 is 0 Å². The Kier molecular flexibility index (Phi) is 3.89.